The molecule has 1 aromatic heterocycles. The molecule has 0 spiro atoms. The van der Waals surface area contributed by atoms with E-state index < -0.39 is 5.92 Å². The Morgan fingerprint density at radius 2 is 1.65 bits per heavy atom. The lowest BCUT2D eigenvalue weighted by molar-refractivity contribution is -0.127. The first-order chi connectivity index (χ1) is 17.9. The van der Waals surface area contributed by atoms with Gasteiger partial charge in [0, 0.05) is 18.9 Å². The number of carbonyl (C=O) groups is 1. The molecule has 4 rings (SSSR count). The molecular weight excluding hydrogens is 464 g/mol. The highest BCUT2D eigenvalue weighted by Crippen LogP contribution is 2.28. The quantitative estimate of drug-likeness (QED) is 0.399. The highest BCUT2D eigenvalue weighted by molar-refractivity contribution is 6.46. The molecule has 192 valence electrons. The largest absolute Gasteiger partial charge is 0.489 e. The van der Waals surface area contributed by atoms with Gasteiger partial charge in [-0.2, -0.15) is 0 Å². The molecule has 1 aliphatic heterocycles. The van der Waals surface area contributed by atoms with Gasteiger partial charge in [0.2, 0.25) is 0 Å². The topological polar surface area (TPSA) is 98.9 Å². The van der Waals surface area contributed by atoms with Gasteiger partial charge in [-0.05, 0) is 59.4 Å². The fraction of sp³-hybridized carbons (Fsp3) is 0.333. The van der Waals surface area contributed by atoms with E-state index in [9.17, 15) is 9.90 Å². The smallest absolute Gasteiger partial charge is 0.269 e. The van der Waals surface area contributed by atoms with Crippen LogP contribution in [0.1, 0.15) is 54.9 Å². The molecule has 0 saturated heterocycles. The molecule has 2 unspecified atom stereocenters. The number of nitrogens with zero attached hydrogens (tertiary/aromatic N) is 3. The van der Waals surface area contributed by atoms with Crippen molar-refractivity contribution < 1.29 is 14.6 Å². The Balaban J connectivity index is 1.57. The molecule has 1 aliphatic rings. The summed E-state index contributed by atoms with van der Waals surface area (Å²) in [5.41, 5.74) is 4.42. The Kier molecular flexibility index (Phi) is 8.46. The molecule has 7 nitrogen and oxygen atoms in total. The molecule has 0 bridgehead atoms. The molecule has 0 saturated carbocycles. The Hall–Kier alpha value is -3.84. The van der Waals surface area contributed by atoms with E-state index in [0.29, 0.717) is 42.6 Å². The van der Waals surface area contributed by atoms with Crippen molar-refractivity contribution in [3.05, 3.63) is 95.3 Å². The number of hydrogen-bond acceptors (Lipinski definition) is 6. The number of amides is 1. The third-order valence-electron chi connectivity index (χ3n) is 6.72. The van der Waals surface area contributed by atoms with E-state index in [-0.39, 0.29) is 24.3 Å². The van der Waals surface area contributed by atoms with E-state index in [1.807, 2.05) is 31.2 Å². The zero-order chi connectivity index (χ0) is 26.4. The van der Waals surface area contributed by atoms with E-state index in [1.165, 1.54) is 5.56 Å². The van der Waals surface area contributed by atoms with Crippen molar-refractivity contribution >= 4 is 17.3 Å². The molecule has 2 aromatic carbocycles. The van der Waals surface area contributed by atoms with Crippen LogP contribution < -0.4 is 4.74 Å². The minimum Gasteiger partial charge on any atom is -0.489 e. The van der Waals surface area contributed by atoms with Crippen LogP contribution in [0, 0.1) is 5.41 Å². The number of aliphatic hydroxyl groups excluding tert-OH is 1. The van der Waals surface area contributed by atoms with Gasteiger partial charge in [0.25, 0.3) is 5.91 Å². The number of nitrogens with one attached hydrogen (secondary N) is 1. The molecule has 3 aromatic rings. The van der Waals surface area contributed by atoms with Gasteiger partial charge in [0.05, 0.1) is 30.8 Å². The maximum Gasteiger partial charge on any atom is 0.269 e. The van der Waals surface area contributed by atoms with Crippen LogP contribution in [0.5, 0.6) is 5.75 Å². The second-order valence-corrected chi connectivity index (χ2v) is 9.63. The molecule has 1 amide bonds. The van der Waals surface area contributed by atoms with E-state index in [0.717, 1.165) is 11.1 Å². The van der Waals surface area contributed by atoms with Crippen molar-refractivity contribution in [2.75, 3.05) is 19.7 Å². The van der Waals surface area contributed by atoms with E-state index in [1.54, 1.807) is 29.4 Å². The molecule has 7 heteroatoms. The number of carbonyl (C=O) groups excluding carboxylic acids is 1. The average Bonchev–Trinajstić information content (AvgIpc) is 2.93. The van der Waals surface area contributed by atoms with Crippen molar-refractivity contribution in [1.29, 1.82) is 5.41 Å². The van der Waals surface area contributed by atoms with Crippen LogP contribution >= 0.6 is 0 Å². The van der Waals surface area contributed by atoms with Gasteiger partial charge in [-0.1, -0.05) is 50.2 Å². The minimum absolute atomic E-state index is 0.127. The van der Waals surface area contributed by atoms with Gasteiger partial charge in [-0.25, -0.2) is 0 Å². The van der Waals surface area contributed by atoms with Gasteiger partial charge in [0.1, 0.15) is 18.1 Å². The summed E-state index contributed by atoms with van der Waals surface area (Å²) in [6.45, 7) is 7.36. The van der Waals surface area contributed by atoms with E-state index in [4.69, 9.17) is 10.1 Å². The second-order valence-electron chi connectivity index (χ2n) is 9.63. The lowest BCUT2D eigenvalue weighted by Crippen LogP contribution is -2.50. The SMILES string of the molecule is CC(C)c1ccc(COc2ccc(C(C(=N)c3ccncc3)C3=NCCN(C(C)CO)C3=O)cc2)cc1. The van der Waals surface area contributed by atoms with Crippen molar-refractivity contribution in [1.82, 2.24) is 9.88 Å². The molecule has 2 N–H and O–H groups in total. The Morgan fingerprint density at radius 1 is 1.00 bits per heavy atom. The van der Waals surface area contributed by atoms with Gasteiger partial charge in [0.15, 0.2) is 0 Å². The third kappa shape index (κ3) is 6.12. The Labute approximate surface area is 218 Å². The molecule has 0 radical (unpaired) electrons. The minimum atomic E-state index is -0.652. The highest BCUT2D eigenvalue weighted by Gasteiger charge is 2.35. The van der Waals surface area contributed by atoms with Crippen LogP contribution in [0.3, 0.4) is 0 Å². The molecular formula is C30H34N4O3. The lowest BCUT2D eigenvalue weighted by Gasteiger charge is -2.33. The van der Waals surface area contributed by atoms with Gasteiger partial charge >= 0.3 is 0 Å². The summed E-state index contributed by atoms with van der Waals surface area (Å²) in [5.74, 6) is 0.294. The second kappa shape index (κ2) is 11.9. The number of benzene rings is 2. The van der Waals surface area contributed by atoms with Crippen LogP contribution in [-0.2, 0) is 11.4 Å². The molecule has 2 heterocycles. The van der Waals surface area contributed by atoms with Gasteiger partial charge in [-0.15, -0.1) is 0 Å². The van der Waals surface area contributed by atoms with Crippen LogP contribution in [0.4, 0.5) is 0 Å². The Bertz CT molecular complexity index is 1240. The molecule has 37 heavy (non-hydrogen) atoms. The summed E-state index contributed by atoms with van der Waals surface area (Å²) in [4.78, 5) is 23.7. The summed E-state index contributed by atoms with van der Waals surface area (Å²) in [6, 6.07) is 19.2. The molecule has 2 atom stereocenters. The lowest BCUT2D eigenvalue weighted by atomic mass is 9.85. The molecule has 0 aliphatic carbocycles. The van der Waals surface area contributed by atoms with Crippen LogP contribution in [0.15, 0.2) is 78.0 Å². The summed E-state index contributed by atoms with van der Waals surface area (Å²) in [7, 11) is 0. The number of hydrogen-bond donors (Lipinski definition) is 2. The monoisotopic (exact) mass is 498 g/mol. The maximum atomic E-state index is 13.4. The predicted molar refractivity (Wildman–Crippen MR) is 146 cm³/mol. The summed E-state index contributed by atoms with van der Waals surface area (Å²) in [5, 5.41) is 18.6. The standard InChI is InChI=1S/C30H34N4O3/c1-20(2)23-6-4-22(5-7-23)19-37-26-10-8-24(9-11-26)27(28(31)25-12-14-32-15-13-25)29-30(36)34(17-16-33-29)21(3)18-35/h4-15,20-21,27,31,35H,16-19H2,1-3H3. The van der Waals surface area contributed by atoms with Crippen LogP contribution in [-0.4, -0.2) is 58.1 Å². The summed E-state index contributed by atoms with van der Waals surface area (Å²) in [6.07, 6.45) is 3.27. The van der Waals surface area contributed by atoms with Gasteiger partial charge in [-0.3, -0.25) is 14.8 Å². The maximum absolute atomic E-state index is 13.4. The van der Waals surface area contributed by atoms with E-state index >= 15 is 0 Å². The number of aliphatic imine (C=N–C) groups is 1. The summed E-state index contributed by atoms with van der Waals surface area (Å²) < 4.78 is 6.01. The van der Waals surface area contributed by atoms with Crippen molar-refractivity contribution in [3.63, 3.8) is 0 Å². The predicted octanol–water partition coefficient (Wildman–Crippen LogP) is 4.60. The van der Waals surface area contributed by atoms with E-state index in [2.05, 4.69) is 48.1 Å². The van der Waals surface area contributed by atoms with Crippen molar-refractivity contribution in [2.24, 2.45) is 4.99 Å². The fourth-order valence-corrected chi connectivity index (χ4v) is 4.41. The number of rotatable bonds is 10. The van der Waals surface area contributed by atoms with Crippen molar-refractivity contribution in [3.8, 4) is 5.75 Å². The first-order valence-electron chi connectivity index (χ1n) is 12.7. The van der Waals surface area contributed by atoms with Crippen molar-refractivity contribution in [2.45, 2.75) is 45.3 Å². The molecule has 0 fully saturated rings. The first-order valence-corrected chi connectivity index (χ1v) is 12.7. The number of aliphatic hydroxyl groups is 1. The van der Waals surface area contributed by atoms with Gasteiger partial charge < -0.3 is 20.2 Å². The third-order valence-corrected chi connectivity index (χ3v) is 6.72. The fourth-order valence-electron chi connectivity index (χ4n) is 4.41. The normalized spacial score (nSPS) is 15.3. The zero-order valence-electron chi connectivity index (χ0n) is 21.6. The number of ether oxygens (including phenoxy) is 1. The zero-order valence-corrected chi connectivity index (χ0v) is 21.6. The number of aromatic nitrogens is 1. The summed E-state index contributed by atoms with van der Waals surface area (Å²) >= 11 is 0. The van der Waals surface area contributed by atoms with Crippen LogP contribution in [0.25, 0.3) is 0 Å². The average molecular weight is 499 g/mol. The van der Waals surface area contributed by atoms with Crippen LogP contribution in [0.2, 0.25) is 0 Å². The highest BCUT2D eigenvalue weighted by atomic mass is 16.5. The number of pyridine rings is 1. The Morgan fingerprint density at radius 3 is 2.27 bits per heavy atom. The first kappa shape index (κ1) is 26.2.